The van der Waals surface area contributed by atoms with Gasteiger partial charge in [0.25, 0.3) is 0 Å². The van der Waals surface area contributed by atoms with Crippen LogP contribution in [-0.2, 0) is 6.42 Å². The Kier molecular flexibility index (Phi) is 3.68. The van der Waals surface area contributed by atoms with Gasteiger partial charge in [-0.3, -0.25) is 0 Å². The number of benzene rings is 2. The minimum absolute atomic E-state index is 0.535. The summed E-state index contributed by atoms with van der Waals surface area (Å²) in [5.41, 5.74) is 3.14. The van der Waals surface area contributed by atoms with Gasteiger partial charge in [0.2, 0.25) is 5.89 Å². The van der Waals surface area contributed by atoms with Crippen molar-refractivity contribution in [3.63, 3.8) is 0 Å². The van der Waals surface area contributed by atoms with Gasteiger partial charge in [0.05, 0.1) is 29.5 Å². The number of nitrogens with zero attached hydrogens (tertiary/aromatic N) is 3. The first-order chi connectivity index (χ1) is 10.8. The van der Waals surface area contributed by atoms with Crippen molar-refractivity contribution in [1.82, 2.24) is 4.98 Å². The Bertz CT molecular complexity index is 862. The van der Waals surface area contributed by atoms with E-state index in [4.69, 9.17) is 14.9 Å². The van der Waals surface area contributed by atoms with Crippen LogP contribution in [0.15, 0.2) is 59.1 Å². The van der Waals surface area contributed by atoms with Crippen LogP contribution < -0.4 is 0 Å². The smallest absolute Gasteiger partial charge is 0.226 e. The zero-order chi connectivity index (χ0) is 15.4. The molecule has 4 heteroatoms. The van der Waals surface area contributed by atoms with Crippen LogP contribution in [0.5, 0.6) is 0 Å². The molecule has 0 saturated heterocycles. The molecular formula is C18H11N3O. The fourth-order valence-electron chi connectivity index (χ4n) is 2.11. The minimum Gasteiger partial charge on any atom is -0.441 e. The van der Waals surface area contributed by atoms with Crippen molar-refractivity contribution >= 4 is 0 Å². The summed E-state index contributed by atoms with van der Waals surface area (Å²) in [6.07, 6.45) is 2.32. The second-order valence-electron chi connectivity index (χ2n) is 4.81. The largest absolute Gasteiger partial charge is 0.441 e. The summed E-state index contributed by atoms with van der Waals surface area (Å²) in [6.45, 7) is 0. The zero-order valence-corrected chi connectivity index (χ0v) is 11.7. The molecule has 0 atom stereocenters. The van der Waals surface area contributed by atoms with E-state index in [0.717, 1.165) is 16.9 Å². The molecule has 0 saturated carbocycles. The molecule has 0 fully saturated rings. The number of oxazole rings is 1. The number of hydrogen-bond acceptors (Lipinski definition) is 4. The van der Waals surface area contributed by atoms with Gasteiger partial charge in [0.15, 0.2) is 0 Å². The fraction of sp³-hybridized carbons (Fsp3) is 0.0556. The van der Waals surface area contributed by atoms with E-state index in [9.17, 15) is 0 Å². The normalized spacial score (nSPS) is 9.91. The van der Waals surface area contributed by atoms with Crippen molar-refractivity contribution in [2.45, 2.75) is 6.42 Å². The highest BCUT2D eigenvalue weighted by molar-refractivity contribution is 5.54. The topological polar surface area (TPSA) is 73.6 Å². The van der Waals surface area contributed by atoms with Crippen LogP contribution in [0, 0.1) is 22.7 Å². The molecule has 0 bridgehead atoms. The van der Waals surface area contributed by atoms with Crippen molar-refractivity contribution in [2.75, 3.05) is 0 Å². The lowest BCUT2D eigenvalue weighted by Gasteiger charge is -1.98. The van der Waals surface area contributed by atoms with Gasteiger partial charge in [-0.2, -0.15) is 10.5 Å². The van der Waals surface area contributed by atoms with Crippen LogP contribution in [-0.4, -0.2) is 4.98 Å². The molecule has 22 heavy (non-hydrogen) atoms. The van der Waals surface area contributed by atoms with Gasteiger partial charge in [-0.1, -0.05) is 12.1 Å². The van der Waals surface area contributed by atoms with Gasteiger partial charge in [-0.05, 0) is 42.0 Å². The Morgan fingerprint density at radius 1 is 0.864 bits per heavy atom. The molecule has 0 amide bonds. The Labute approximate surface area is 127 Å². The molecule has 104 valence electrons. The van der Waals surface area contributed by atoms with Gasteiger partial charge in [-0.25, -0.2) is 4.98 Å². The lowest BCUT2D eigenvalue weighted by atomic mass is 10.1. The van der Waals surface area contributed by atoms with E-state index in [1.54, 1.807) is 30.5 Å². The third-order valence-electron chi connectivity index (χ3n) is 3.28. The highest BCUT2D eigenvalue weighted by atomic mass is 16.4. The molecule has 4 nitrogen and oxygen atoms in total. The first-order valence-corrected chi connectivity index (χ1v) is 6.73. The quantitative estimate of drug-likeness (QED) is 0.735. The first kappa shape index (κ1) is 13.6. The molecule has 0 aliphatic carbocycles. The molecule has 0 aliphatic heterocycles. The standard InChI is InChI=1S/C18H11N3O/c19-10-14-3-1-13(2-4-14)9-17-12-21-18(22-17)16-7-5-15(11-20)6-8-16/h1-8,12H,9H2. The molecule has 0 unspecified atom stereocenters. The fourth-order valence-corrected chi connectivity index (χ4v) is 2.11. The Balaban J connectivity index is 1.78. The predicted molar refractivity (Wildman–Crippen MR) is 80.6 cm³/mol. The highest BCUT2D eigenvalue weighted by Gasteiger charge is 2.07. The Hall–Kier alpha value is -3.37. The summed E-state index contributed by atoms with van der Waals surface area (Å²) < 4.78 is 5.74. The van der Waals surface area contributed by atoms with E-state index in [1.807, 2.05) is 24.3 Å². The summed E-state index contributed by atoms with van der Waals surface area (Å²) in [6, 6.07) is 18.7. The average molecular weight is 285 g/mol. The van der Waals surface area contributed by atoms with Gasteiger partial charge in [-0.15, -0.1) is 0 Å². The van der Waals surface area contributed by atoms with Crippen molar-refractivity contribution < 1.29 is 4.42 Å². The Morgan fingerprint density at radius 2 is 1.45 bits per heavy atom. The maximum Gasteiger partial charge on any atom is 0.226 e. The molecule has 0 N–H and O–H groups in total. The number of rotatable bonds is 3. The summed E-state index contributed by atoms with van der Waals surface area (Å²) in [4.78, 5) is 4.27. The highest BCUT2D eigenvalue weighted by Crippen LogP contribution is 2.21. The maximum absolute atomic E-state index is 8.80. The van der Waals surface area contributed by atoms with Crippen LogP contribution in [0.2, 0.25) is 0 Å². The van der Waals surface area contributed by atoms with Crippen molar-refractivity contribution in [1.29, 1.82) is 10.5 Å². The van der Waals surface area contributed by atoms with E-state index in [1.165, 1.54) is 0 Å². The van der Waals surface area contributed by atoms with E-state index >= 15 is 0 Å². The number of hydrogen-bond donors (Lipinski definition) is 0. The first-order valence-electron chi connectivity index (χ1n) is 6.73. The minimum atomic E-state index is 0.535. The average Bonchev–Trinajstić information content (AvgIpc) is 3.04. The summed E-state index contributed by atoms with van der Waals surface area (Å²) in [5.74, 6) is 1.29. The lowest BCUT2D eigenvalue weighted by Crippen LogP contribution is -1.85. The molecular weight excluding hydrogens is 274 g/mol. The molecule has 1 aromatic heterocycles. The monoisotopic (exact) mass is 285 g/mol. The van der Waals surface area contributed by atoms with E-state index < -0.39 is 0 Å². The van der Waals surface area contributed by atoms with E-state index in [0.29, 0.717) is 23.4 Å². The van der Waals surface area contributed by atoms with Gasteiger partial charge >= 0.3 is 0 Å². The summed E-state index contributed by atoms with van der Waals surface area (Å²) in [5, 5.41) is 17.6. The number of aromatic nitrogens is 1. The third-order valence-corrected chi connectivity index (χ3v) is 3.28. The van der Waals surface area contributed by atoms with Crippen LogP contribution in [0.25, 0.3) is 11.5 Å². The van der Waals surface area contributed by atoms with Crippen molar-refractivity contribution in [2.24, 2.45) is 0 Å². The molecule has 0 spiro atoms. The van der Waals surface area contributed by atoms with E-state index in [-0.39, 0.29) is 0 Å². The van der Waals surface area contributed by atoms with Crippen LogP contribution in [0.4, 0.5) is 0 Å². The van der Waals surface area contributed by atoms with Crippen molar-refractivity contribution in [3.8, 4) is 23.6 Å². The van der Waals surface area contributed by atoms with E-state index in [2.05, 4.69) is 17.1 Å². The zero-order valence-electron chi connectivity index (χ0n) is 11.7. The second-order valence-corrected chi connectivity index (χ2v) is 4.81. The SMILES string of the molecule is N#Cc1ccc(Cc2cnc(-c3ccc(C#N)cc3)o2)cc1. The molecule has 3 rings (SSSR count). The molecule has 3 aromatic rings. The number of nitriles is 2. The molecule has 2 aromatic carbocycles. The summed E-state index contributed by atoms with van der Waals surface area (Å²) in [7, 11) is 0. The molecule has 0 radical (unpaired) electrons. The Morgan fingerprint density at radius 3 is 2.05 bits per heavy atom. The second kappa shape index (κ2) is 5.95. The van der Waals surface area contributed by atoms with Crippen LogP contribution in [0.1, 0.15) is 22.5 Å². The van der Waals surface area contributed by atoms with Crippen LogP contribution >= 0.6 is 0 Å². The van der Waals surface area contributed by atoms with Gasteiger partial charge in [0.1, 0.15) is 5.76 Å². The molecule has 0 aliphatic rings. The van der Waals surface area contributed by atoms with Crippen molar-refractivity contribution in [3.05, 3.63) is 77.2 Å². The third kappa shape index (κ3) is 2.87. The molecule has 1 heterocycles. The maximum atomic E-state index is 8.80. The lowest BCUT2D eigenvalue weighted by molar-refractivity contribution is 0.529. The predicted octanol–water partition coefficient (Wildman–Crippen LogP) is 3.68. The van der Waals surface area contributed by atoms with Gasteiger partial charge in [0, 0.05) is 12.0 Å². The summed E-state index contributed by atoms with van der Waals surface area (Å²) >= 11 is 0. The van der Waals surface area contributed by atoms with Crippen LogP contribution in [0.3, 0.4) is 0 Å². The van der Waals surface area contributed by atoms with Gasteiger partial charge < -0.3 is 4.42 Å².